The van der Waals surface area contributed by atoms with E-state index in [1.54, 1.807) is 0 Å². The lowest BCUT2D eigenvalue weighted by molar-refractivity contribution is -0.267. The Morgan fingerprint density at radius 1 is 1.04 bits per heavy atom. The van der Waals surface area contributed by atoms with Gasteiger partial charge in [0.15, 0.2) is 0 Å². The molecule has 0 aliphatic heterocycles. The zero-order valence-electron chi connectivity index (χ0n) is 14.8. The van der Waals surface area contributed by atoms with Gasteiger partial charge in [-0.15, -0.1) is 0 Å². The molecule has 1 atom stereocenters. The van der Waals surface area contributed by atoms with Gasteiger partial charge >= 0.3 is 5.97 Å². The average Bonchev–Trinajstić information content (AvgIpc) is 2.57. The molecule has 0 heterocycles. The topological polar surface area (TPSA) is 55.8 Å². The zero-order chi connectivity index (χ0) is 17.2. The van der Waals surface area contributed by atoms with Crippen LogP contribution in [0.3, 0.4) is 0 Å². The molecule has 0 rings (SSSR count). The molecular formula is C19H34O4. The maximum Gasteiger partial charge on any atom is 0.305 e. The van der Waals surface area contributed by atoms with Crippen LogP contribution in [0.5, 0.6) is 0 Å². The fraction of sp³-hybridized carbons (Fsp3) is 0.737. The van der Waals surface area contributed by atoms with Crippen LogP contribution in [0.15, 0.2) is 24.3 Å². The van der Waals surface area contributed by atoms with Crippen molar-refractivity contribution in [2.75, 3.05) is 7.11 Å². The van der Waals surface area contributed by atoms with Gasteiger partial charge in [-0.05, 0) is 25.7 Å². The molecule has 0 fully saturated rings. The summed E-state index contributed by atoms with van der Waals surface area (Å²) in [7, 11) is 1.43. The van der Waals surface area contributed by atoms with Crippen LogP contribution in [-0.4, -0.2) is 24.4 Å². The maximum atomic E-state index is 10.9. The predicted molar refractivity (Wildman–Crippen MR) is 94.3 cm³/mol. The van der Waals surface area contributed by atoms with E-state index >= 15 is 0 Å². The van der Waals surface area contributed by atoms with Crippen LogP contribution in [0, 0.1) is 0 Å². The molecule has 0 radical (unpaired) electrons. The highest BCUT2D eigenvalue weighted by molar-refractivity contribution is 5.68. The molecule has 0 bridgehead atoms. The number of ether oxygens (including phenoxy) is 1. The van der Waals surface area contributed by atoms with E-state index in [1.807, 2.05) is 18.2 Å². The van der Waals surface area contributed by atoms with Crippen LogP contribution in [0.4, 0.5) is 0 Å². The Kier molecular flexibility index (Phi) is 16.4. The summed E-state index contributed by atoms with van der Waals surface area (Å²) in [6, 6.07) is 0. The third-order valence-electron chi connectivity index (χ3n) is 3.78. The molecule has 0 saturated carbocycles. The lowest BCUT2D eigenvalue weighted by Crippen LogP contribution is -2.06. The van der Waals surface area contributed by atoms with E-state index in [9.17, 15) is 4.79 Å². The molecule has 0 aromatic carbocycles. The van der Waals surface area contributed by atoms with Gasteiger partial charge in [0.05, 0.1) is 7.11 Å². The minimum absolute atomic E-state index is 0.112. The van der Waals surface area contributed by atoms with Gasteiger partial charge in [-0.25, -0.2) is 4.89 Å². The fourth-order valence-electron chi connectivity index (χ4n) is 2.31. The standard InChI is InChI=1S/C19H34O4/c1-3-4-12-15-18(23-21)16-13-10-8-6-5-7-9-11-14-17-19(20)22-2/h8,10,13,16,18,21H,3-7,9,11-12,14-15,17H2,1-2H3/b10-8-,16-13+/t18-/m1/s1. The van der Waals surface area contributed by atoms with Crippen molar-refractivity contribution >= 4 is 5.97 Å². The smallest absolute Gasteiger partial charge is 0.305 e. The van der Waals surface area contributed by atoms with Gasteiger partial charge in [-0.1, -0.05) is 69.8 Å². The van der Waals surface area contributed by atoms with Gasteiger partial charge in [0.2, 0.25) is 0 Å². The second kappa shape index (κ2) is 17.2. The minimum atomic E-state index is -0.194. The summed E-state index contributed by atoms with van der Waals surface area (Å²) >= 11 is 0. The van der Waals surface area contributed by atoms with E-state index in [1.165, 1.54) is 39.2 Å². The summed E-state index contributed by atoms with van der Waals surface area (Å²) in [5.74, 6) is -0.112. The number of hydrogen-bond acceptors (Lipinski definition) is 4. The van der Waals surface area contributed by atoms with Crippen molar-refractivity contribution in [2.45, 2.75) is 83.7 Å². The van der Waals surface area contributed by atoms with E-state index in [0.717, 1.165) is 32.1 Å². The van der Waals surface area contributed by atoms with Gasteiger partial charge in [-0.3, -0.25) is 10.1 Å². The van der Waals surface area contributed by atoms with Gasteiger partial charge in [0, 0.05) is 6.42 Å². The van der Waals surface area contributed by atoms with Gasteiger partial charge < -0.3 is 4.74 Å². The van der Waals surface area contributed by atoms with Gasteiger partial charge in [0.1, 0.15) is 6.10 Å². The maximum absolute atomic E-state index is 10.9. The number of allylic oxidation sites excluding steroid dienone is 3. The number of unbranched alkanes of at least 4 members (excludes halogenated alkanes) is 7. The van der Waals surface area contributed by atoms with Crippen molar-refractivity contribution in [3.8, 4) is 0 Å². The lowest BCUT2D eigenvalue weighted by Gasteiger charge is -2.07. The summed E-state index contributed by atoms with van der Waals surface area (Å²) in [4.78, 5) is 15.4. The van der Waals surface area contributed by atoms with E-state index in [2.05, 4.69) is 22.6 Å². The monoisotopic (exact) mass is 326 g/mol. The number of methoxy groups -OCH3 is 1. The zero-order valence-corrected chi connectivity index (χ0v) is 14.8. The second-order valence-corrected chi connectivity index (χ2v) is 5.84. The van der Waals surface area contributed by atoms with Crippen LogP contribution in [-0.2, 0) is 14.4 Å². The largest absolute Gasteiger partial charge is 0.469 e. The van der Waals surface area contributed by atoms with Crippen molar-refractivity contribution in [2.24, 2.45) is 0 Å². The van der Waals surface area contributed by atoms with Crippen molar-refractivity contribution in [1.29, 1.82) is 0 Å². The third-order valence-corrected chi connectivity index (χ3v) is 3.78. The number of carbonyl (C=O) groups is 1. The first kappa shape index (κ1) is 21.9. The molecular weight excluding hydrogens is 292 g/mol. The highest BCUT2D eigenvalue weighted by Crippen LogP contribution is 2.09. The molecule has 4 nitrogen and oxygen atoms in total. The van der Waals surface area contributed by atoms with E-state index in [4.69, 9.17) is 5.26 Å². The first-order chi connectivity index (χ1) is 11.2. The molecule has 4 heteroatoms. The minimum Gasteiger partial charge on any atom is -0.469 e. The van der Waals surface area contributed by atoms with Crippen LogP contribution in [0.2, 0.25) is 0 Å². The Hall–Kier alpha value is -1.13. The average molecular weight is 326 g/mol. The first-order valence-electron chi connectivity index (χ1n) is 8.95. The first-order valence-corrected chi connectivity index (χ1v) is 8.95. The lowest BCUT2D eigenvalue weighted by atomic mass is 10.1. The Labute approximate surface area is 141 Å². The highest BCUT2D eigenvalue weighted by Gasteiger charge is 2.02. The van der Waals surface area contributed by atoms with Gasteiger partial charge in [-0.2, -0.15) is 0 Å². The highest BCUT2D eigenvalue weighted by atomic mass is 17.1. The van der Waals surface area contributed by atoms with E-state index < -0.39 is 0 Å². The summed E-state index contributed by atoms with van der Waals surface area (Å²) in [5.41, 5.74) is 0. The molecule has 1 N–H and O–H groups in total. The predicted octanol–water partition coefficient (Wildman–Crippen LogP) is 5.44. The Balaban J connectivity index is 3.51. The second-order valence-electron chi connectivity index (χ2n) is 5.84. The van der Waals surface area contributed by atoms with E-state index in [0.29, 0.717) is 6.42 Å². The van der Waals surface area contributed by atoms with Crippen molar-refractivity contribution in [3.05, 3.63) is 24.3 Å². The van der Waals surface area contributed by atoms with Crippen LogP contribution in [0.1, 0.15) is 77.6 Å². The summed E-state index contributed by atoms with van der Waals surface area (Å²) in [6.07, 6.45) is 19.2. The molecule has 0 aliphatic carbocycles. The SMILES string of the molecule is CCCCC[C@H](/C=C/C=C\CCCCCCCC(=O)OC)OO. The quantitative estimate of drug-likeness (QED) is 0.143. The van der Waals surface area contributed by atoms with Crippen molar-refractivity contribution < 1.29 is 19.7 Å². The molecule has 0 saturated heterocycles. The number of carbonyl (C=O) groups excluding carboxylic acids is 1. The van der Waals surface area contributed by atoms with Crippen LogP contribution < -0.4 is 0 Å². The molecule has 134 valence electrons. The van der Waals surface area contributed by atoms with Crippen molar-refractivity contribution in [1.82, 2.24) is 0 Å². The fourth-order valence-corrected chi connectivity index (χ4v) is 2.31. The summed E-state index contributed by atoms with van der Waals surface area (Å²) in [5, 5.41) is 8.81. The summed E-state index contributed by atoms with van der Waals surface area (Å²) in [6.45, 7) is 2.16. The third kappa shape index (κ3) is 15.5. The normalized spacial score (nSPS) is 13.0. The molecule has 23 heavy (non-hydrogen) atoms. The van der Waals surface area contributed by atoms with E-state index in [-0.39, 0.29) is 12.1 Å². The Morgan fingerprint density at radius 3 is 2.48 bits per heavy atom. The molecule has 0 aliphatic rings. The summed E-state index contributed by atoms with van der Waals surface area (Å²) < 4.78 is 4.61. The Bertz CT molecular complexity index is 323. The van der Waals surface area contributed by atoms with Crippen molar-refractivity contribution in [3.63, 3.8) is 0 Å². The van der Waals surface area contributed by atoms with Crippen LogP contribution >= 0.6 is 0 Å². The number of rotatable bonds is 15. The number of esters is 1. The molecule has 0 aromatic heterocycles. The van der Waals surface area contributed by atoms with Gasteiger partial charge in [0.25, 0.3) is 0 Å². The Morgan fingerprint density at radius 2 is 1.78 bits per heavy atom. The molecule has 0 spiro atoms. The molecule has 0 unspecified atom stereocenters. The van der Waals surface area contributed by atoms with Crippen LogP contribution in [0.25, 0.3) is 0 Å². The molecule has 0 aromatic rings. The number of hydrogen-bond donors (Lipinski definition) is 1. The molecule has 0 amide bonds.